The summed E-state index contributed by atoms with van der Waals surface area (Å²) in [5.41, 5.74) is 5.28. The molecule has 0 atom stereocenters. The Morgan fingerprint density at radius 3 is 2.62 bits per heavy atom. The Bertz CT molecular complexity index is 371. The third kappa shape index (κ3) is 2.63. The van der Waals surface area contributed by atoms with E-state index >= 15 is 0 Å². The molecule has 1 rings (SSSR count). The Hall–Kier alpha value is -0.690. The van der Waals surface area contributed by atoms with E-state index in [9.17, 15) is 8.42 Å². The minimum absolute atomic E-state index is 0.0263. The average Bonchev–Trinajstić information content (AvgIpc) is 2.49. The first-order chi connectivity index (χ1) is 6.06. The Morgan fingerprint density at radius 2 is 2.15 bits per heavy atom. The molecule has 0 bridgehead atoms. The Labute approximate surface area is 80.9 Å². The molecule has 1 heterocycles. The minimum atomic E-state index is -3.24. The van der Waals surface area contributed by atoms with Crippen LogP contribution in [0.2, 0.25) is 0 Å². The maximum Gasteiger partial charge on any atom is 0.234 e. The molecule has 0 fully saturated rings. The molecule has 0 radical (unpaired) electrons. The van der Waals surface area contributed by atoms with Gasteiger partial charge in [-0.05, 0) is 6.42 Å². The van der Waals surface area contributed by atoms with Gasteiger partial charge in [0.15, 0.2) is 0 Å². The van der Waals surface area contributed by atoms with Crippen molar-refractivity contribution >= 4 is 26.3 Å². The molecule has 0 spiro atoms. The maximum absolute atomic E-state index is 11.5. The van der Waals surface area contributed by atoms with Gasteiger partial charge in [0.2, 0.25) is 19.3 Å². The number of sulfone groups is 1. The summed E-state index contributed by atoms with van der Waals surface area (Å²) in [5, 5.41) is 7.14. The highest BCUT2D eigenvalue weighted by molar-refractivity contribution is 7.93. The first kappa shape index (κ1) is 10.4. The second kappa shape index (κ2) is 4.01. The number of anilines is 1. The smallest absolute Gasteiger partial charge is 0.234 e. The Kier molecular flexibility index (Phi) is 3.21. The van der Waals surface area contributed by atoms with Crippen LogP contribution in [0.25, 0.3) is 0 Å². The zero-order valence-corrected chi connectivity index (χ0v) is 8.86. The fourth-order valence-corrected chi connectivity index (χ4v) is 3.13. The normalized spacial score (nSPS) is 11.8. The zero-order valence-electron chi connectivity index (χ0n) is 7.23. The van der Waals surface area contributed by atoms with Gasteiger partial charge in [-0.3, -0.25) is 0 Å². The highest BCUT2D eigenvalue weighted by atomic mass is 32.2. The first-order valence-electron chi connectivity index (χ1n) is 3.88. The molecule has 13 heavy (non-hydrogen) atoms. The highest BCUT2D eigenvalue weighted by Gasteiger charge is 2.18. The molecule has 1 aromatic heterocycles. The summed E-state index contributed by atoms with van der Waals surface area (Å²) in [6.45, 7) is 1.93. The van der Waals surface area contributed by atoms with Crippen LogP contribution in [-0.4, -0.2) is 24.4 Å². The van der Waals surface area contributed by atoms with Gasteiger partial charge in [-0.25, -0.2) is 8.42 Å². The van der Waals surface area contributed by atoms with Crippen molar-refractivity contribution in [2.75, 3.05) is 11.5 Å². The molecule has 0 aliphatic heterocycles. The molecule has 0 aromatic carbocycles. The lowest BCUT2D eigenvalue weighted by Gasteiger charge is -1.96. The second-order valence-corrected chi connectivity index (χ2v) is 5.87. The molecule has 2 N–H and O–H groups in total. The summed E-state index contributed by atoms with van der Waals surface area (Å²) in [7, 11) is -3.24. The predicted molar refractivity (Wildman–Crippen MR) is 51.3 cm³/mol. The topological polar surface area (TPSA) is 85.9 Å². The summed E-state index contributed by atoms with van der Waals surface area (Å²) in [6, 6.07) is 0. The van der Waals surface area contributed by atoms with Crippen molar-refractivity contribution in [3.63, 3.8) is 0 Å². The van der Waals surface area contributed by atoms with E-state index in [1.54, 1.807) is 0 Å². The lowest BCUT2D eigenvalue weighted by atomic mass is 10.4. The Balaban J connectivity index is 2.82. The van der Waals surface area contributed by atoms with E-state index in [1.807, 2.05) is 6.92 Å². The van der Waals surface area contributed by atoms with E-state index in [-0.39, 0.29) is 15.2 Å². The molecule has 0 aliphatic carbocycles. The Morgan fingerprint density at radius 1 is 1.46 bits per heavy atom. The average molecular weight is 221 g/mol. The number of nitrogen functional groups attached to an aromatic ring is 1. The van der Waals surface area contributed by atoms with E-state index in [2.05, 4.69) is 10.2 Å². The van der Waals surface area contributed by atoms with Crippen LogP contribution < -0.4 is 5.73 Å². The highest BCUT2D eigenvalue weighted by Crippen LogP contribution is 2.18. The van der Waals surface area contributed by atoms with Gasteiger partial charge in [-0.1, -0.05) is 24.7 Å². The van der Waals surface area contributed by atoms with Crippen LogP contribution in [0.5, 0.6) is 0 Å². The summed E-state index contributed by atoms with van der Waals surface area (Å²) in [4.78, 5) is 0. The fraction of sp³-hybridized carbons (Fsp3) is 0.667. The summed E-state index contributed by atoms with van der Waals surface area (Å²) >= 11 is 0.913. The monoisotopic (exact) mass is 221 g/mol. The molecule has 7 heteroatoms. The predicted octanol–water partition coefficient (Wildman–Crippen LogP) is 0.694. The lowest BCUT2D eigenvalue weighted by Crippen LogP contribution is -2.05. The van der Waals surface area contributed by atoms with E-state index in [0.29, 0.717) is 6.42 Å². The largest absolute Gasteiger partial charge is 0.374 e. The summed E-state index contributed by atoms with van der Waals surface area (Å²) in [5.74, 6) is 0.123. The van der Waals surface area contributed by atoms with E-state index in [1.165, 1.54) is 0 Å². The molecule has 5 nitrogen and oxygen atoms in total. The molecule has 0 unspecified atom stereocenters. The van der Waals surface area contributed by atoms with Crippen molar-refractivity contribution in [3.05, 3.63) is 0 Å². The second-order valence-electron chi connectivity index (χ2n) is 2.58. The van der Waals surface area contributed by atoms with Crippen molar-refractivity contribution in [3.8, 4) is 0 Å². The molecular weight excluding hydrogens is 210 g/mol. The molecular formula is C6H11N3O2S2. The number of hydrogen-bond acceptors (Lipinski definition) is 6. The van der Waals surface area contributed by atoms with Crippen LogP contribution in [0.1, 0.15) is 19.8 Å². The fourth-order valence-electron chi connectivity index (χ4n) is 0.768. The zero-order chi connectivity index (χ0) is 9.90. The number of nitrogens with zero attached hydrogens (tertiary/aromatic N) is 2. The van der Waals surface area contributed by atoms with Gasteiger partial charge in [0, 0.05) is 0 Å². The van der Waals surface area contributed by atoms with Gasteiger partial charge in [0.25, 0.3) is 0 Å². The number of unbranched alkanes of at least 4 members (excludes halogenated alkanes) is 1. The molecule has 0 saturated carbocycles. The van der Waals surface area contributed by atoms with Crippen LogP contribution in [0, 0.1) is 0 Å². The number of aromatic nitrogens is 2. The molecule has 1 aromatic rings. The minimum Gasteiger partial charge on any atom is -0.374 e. The van der Waals surface area contributed by atoms with Crippen LogP contribution >= 0.6 is 11.3 Å². The van der Waals surface area contributed by atoms with Crippen molar-refractivity contribution in [2.45, 2.75) is 24.1 Å². The standard InChI is InChI=1S/C6H11N3O2S2/c1-2-3-4-13(10,11)6-9-8-5(7)12-6/h2-4H2,1H3,(H2,7,8). The van der Waals surface area contributed by atoms with Crippen LogP contribution in [-0.2, 0) is 9.84 Å². The van der Waals surface area contributed by atoms with Gasteiger partial charge in [-0.2, -0.15) is 0 Å². The van der Waals surface area contributed by atoms with Crippen molar-refractivity contribution in [1.29, 1.82) is 0 Å². The lowest BCUT2D eigenvalue weighted by molar-refractivity contribution is 0.590. The van der Waals surface area contributed by atoms with Crippen LogP contribution in [0.15, 0.2) is 4.34 Å². The molecule has 0 amide bonds. The van der Waals surface area contributed by atoms with Gasteiger partial charge >= 0.3 is 0 Å². The van der Waals surface area contributed by atoms with Gasteiger partial charge < -0.3 is 5.73 Å². The van der Waals surface area contributed by atoms with Crippen LogP contribution in [0.3, 0.4) is 0 Å². The van der Waals surface area contributed by atoms with Gasteiger partial charge in [0.1, 0.15) is 0 Å². The van der Waals surface area contributed by atoms with Crippen molar-refractivity contribution < 1.29 is 8.42 Å². The maximum atomic E-state index is 11.5. The third-order valence-corrected chi connectivity index (χ3v) is 4.45. The van der Waals surface area contributed by atoms with Crippen molar-refractivity contribution in [2.24, 2.45) is 0 Å². The van der Waals surface area contributed by atoms with Crippen LogP contribution in [0.4, 0.5) is 5.13 Å². The molecule has 74 valence electrons. The van der Waals surface area contributed by atoms with E-state index < -0.39 is 9.84 Å². The number of rotatable bonds is 4. The number of hydrogen-bond donors (Lipinski definition) is 1. The SMILES string of the molecule is CCCCS(=O)(=O)c1nnc(N)s1. The number of nitrogens with two attached hydrogens (primary N) is 1. The van der Waals surface area contributed by atoms with Crippen molar-refractivity contribution in [1.82, 2.24) is 10.2 Å². The third-order valence-electron chi connectivity index (χ3n) is 1.45. The molecule has 0 saturated heterocycles. The quantitative estimate of drug-likeness (QED) is 0.808. The van der Waals surface area contributed by atoms with Gasteiger partial charge in [-0.15, -0.1) is 10.2 Å². The van der Waals surface area contributed by atoms with E-state index in [4.69, 9.17) is 5.73 Å². The van der Waals surface area contributed by atoms with E-state index in [0.717, 1.165) is 17.8 Å². The summed E-state index contributed by atoms with van der Waals surface area (Å²) in [6.07, 6.45) is 1.48. The first-order valence-corrected chi connectivity index (χ1v) is 6.35. The molecule has 0 aliphatic rings. The summed E-state index contributed by atoms with van der Waals surface area (Å²) < 4.78 is 22.9. The van der Waals surface area contributed by atoms with Gasteiger partial charge in [0.05, 0.1) is 5.75 Å².